The molecule has 0 radical (unpaired) electrons. The van der Waals surface area contributed by atoms with E-state index in [0.29, 0.717) is 0 Å². The first-order valence-corrected chi connectivity index (χ1v) is 4.92. The monoisotopic (exact) mass is 185 g/mol. The van der Waals surface area contributed by atoms with Crippen molar-refractivity contribution in [3.05, 3.63) is 0 Å². The number of hydrogen-bond donors (Lipinski definition) is 1. The number of piperazine rings is 1. The molecule has 0 aromatic carbocycles. The zero-order chi connectivity index (χ0) is 9.68. The molecule has 0 aromatic heterocycles. The van der Waals surface area contributed by atoms with Crippen LogP contribution in [-0.2, 0) is 0 Å². The van der Waals surface area contributed by atoms with Crippen molar-refractivity contribution in [3.63, 3.8) is 0 Å². The van der Waals surface area contributed by atoms with Gasteiger partial charge in [-0.15, -0.1) is 0 Å². The lowest BCUT2D eigenvalue weighted by Crippen LogP contribution is -2.47. The predicted octanol–water partition coefficient (Wildman–Crippen LogP) is 0.822. The van der Waals surface area contributed by atoms with Crippen molar-refractivity contribution in [2.45, 2.75) is 19.8 Å². The Bertz CT molecular complexity index is 174. The molecular weight excluding hydrogens is 166 g/mol. The summed E-state index contributed by atoms with van der Waals surface area (Å²) in [5, 5.41) is 12.2. The maximum atomic E-state index is 8.81. The average Bonchev–Trinajstić information content (AvgIpc) is 2.16. The van der Waals surface area contributed by atoms with Crippen LogP contribution >= 0.6 is 0 Å². The van der Waals surface area contributed by atoms with Crippen LogP contribution in [0.2, 0.25) is 0 Å². The van der Waals surface area contributed by atoms with Gasteiger partial charge in [0.1, 0.15) is 5.84 Å². The van der Waals surface area contributed by atoms with E-state index in [9.17, 15) is 0 Å². The molecule has 0 amide bonds. The third-order valence-electron chi connectivity index (χ3n) is 2.46. The molecule has 1 fully saturated rings. The molecular formula is C9H19N3O. The second kappa shape index (κ2) is 5.07. The predicted molar refractivity (Wildman–Crippen MR) is 53.2 cm³/mol. The van der Waals surface area contributed by atoms with E-state index in [0.717, 1.165) is 44.9 Å². The van der Waals surface area contributed by atoms with Crippen LogP contribution in [0.3, 0.4) is 0 Å². The first-order valence-electron chi connectivity index (χ1n) is 4.92. The fourth-order valence-electron chi connectivity index (χ4n) is 1.56. The fraction of sp³-hybridized carbons (Fsp3) is 0.889. The normalized spacial score (nSPS) is 20.8. The van der Waals surface area contributed by atoms with Crippen molar-refractivity contribution < 1.29 is 5.21 Å². The maximum Gasteiger partial charge on any atom is 0.144 e. The minimum atomic E-state index is 0.843. The van der Waals surface area contributed by atoms with Gasteiger partial charge < -0.3 is 15.0 Å². The Morgan fingerprint density at radius 3 is 2.38 bits per heavy atom. The minimum absolute atomic E-state index is 0.843. The summed E-state index contributed by atoms with van der Waals surface area (Å²) in [4.78, 5) is 4.46. The van der Waals surface area contributed by atoms with Crippen LogP contribution < -0.4 is 0 Å². The molecule has 1 rings (SSSR count). The van der Waals surface area contributed by atoms with Crippen LogP contribution in [0.4, 0.5) is 0 Å². The molecule has 4 nitrogen and oxygen atoms in total. The summed E-state index contributed by atoms with van der Waals surface area (Å²) in [5.74, 6) is 0.843. The van der Waals surface area contributed by atoms with E-state index in [1.165, 1.54) is 0 Å². The Labute approximate surface area is 79.8 Å². The molecule has 1 heterocycles. The largest absolute Gasteiger partial charge is 0.409 e. The fourth-order valence-corrected chi connectivity index (χ4v) is 1.56. The molecule has 13 heavy (non-hydrogen) atoms. The van der Waals surface area contributed by atoms with Crippen LogP contribution in [-0.4, -0.2) is 54.1 Å². The molecule has 0 aromatic rings. The molecule has 0 unspecified atom stereocenters. The van der Waals surface area contributed by atoms with E-state index in [1.54, 1.807) is 0 Å². The molecule has 1 aliphatic rings. The summed E-state index contributed by atoms with van der Waals surface area (Å²) in [7, 11) is 2.12. The molecule has 4 heteroatoms. The number of hydrogen-bond acceptors (Lipinski definition) is 3. The molecule has 0 spiro atoms. The second-order valence-electron chi connectivity index (χ2n) is 3.56. The van der Waals surface area contributed by atoms with Gasteiger partial charge in [0.2, 0.25) is 0 Å². The van der Waals surface area contributed by atoms with Crippen LogP contribution in [0.15, 0.2) is 5.16 Å². The Morgan fingerprint density at radius 1 is 1.31 bits per heavy atom. The van der Waals surface area contributed by atoms with E-state index >= 15 is 0 Å². The molecule has 76 valence electrons. The van der Waals surface area contributed by atoms with E-state index in [2.05, 4.69) is 28.9 Å². The smallest absolute Gasteiger partial charge is 0.144 e. The summed E-state index contributed by atoms with van der Waals surface area (Å²) in [5.41, 5.74) is 0. The quantitative estimate of drug-likeness (QED) is 0.300. The van der Waals surface area contributed by atoms with E-state index in [4.69, 9.17) is 5.21 Å². The lowest BCUT2D eigenvalue weighted by molar-refractivity contribution is 0.204. The number of likely N-dealkylation sites (N-methyl/N-ethyl adjacent to an activating group) is 1. The molecule has 1 N–H and O–H groups in total. The van der Waals surface area contributed by atoms with Gasteiger partial charge >= 0.3 is 0 Å². The molecule has 0 atom stereocenters. The summed E-state index contributed by atoms with van der Waals surface area (Å²) in [6, 6.07) is 0. The van der Waals surface area contributed by atoms with Gasteiger partial charge in [-0.3, -0.25) is 0 Å². The van der Waals surface area contributed by atoms with E-state index in [1.807, 2.05) is 0 Å². The van der Waals surface area contributed by atoms with E-state index in [-0.39, 0.29) is 0 Å². The van der Waals surface area contributed by atoms with Crippen LogP contribution in [0.1, 0.15) is 19.8 Å². The molecule has 1 aliphatic heterocycles. The van der Waals surface area contributed by atoms with Gasteiger partial charge in [0.05, 0.1) is 0 Å². The van der Waals surface area contributed by atoms with Crippen LogP contribution in [0.25, 0.3) is 0 Å². The van der Waals surface area contributed by atoms with Crippen LogP contribution in [0.5, 0.6) is 0 Å². The Hall–Kier alpha value is -0.770. The van der Waals surface area contributed by atoms with Gasteiger partial charge in [0.15, 0.2) is 0 Å². The van der Waals surface area contributed by atoms with Crippen molar-refractivity contribution in [1.82, 2.24) is 9.80 Å². The highest BCUT2D eigenvalue weighted by Gasteiger charge is 2.16. The zero-order valence-corrected chi connectivity index (χ0v) is 8.53. The minimum Gasteiger partial charge on any atom is -0.409 e. The highest BCUT2D eigenvalue weighted by atomic mass is 16.4. The molecule has 0 saturated carbocycles. The highest BCUT2D eigenvalue weighted by molar-refractivity contribution is 5.81. The number of amidine groups is 1. The summed E-state index contributed by atoms with van der Waals surface area (Å²) < 4.78 is 0. The third kappa shape index (κ3) is 2.88. The first-order chi connectivity index (χ1) is 6.27. The Kier molecular flexibility index (Phi) is 4.02. The standard InChI is InChI=1S/C9H19N3O/c1-3-4-9(10-13)12-7-5-11(2)6-8-12/h13H,3-8H2,1-2H3/b10-9-. The molecule has 0 bridgehead atoms. The van der Waals surface area contributed by atoms with Crippen molar-refractivity contribution in [1.29, 1.82) is 0 Å². The number of oxime groups is 1. The van der Waals surface area contributed by atoms with Crippen LogP contribution in [0, 0.1) is 0 Å². The lowest BCUT2D eigenvalue weighted by atomic mass is 10.2. The number of nitrogens with zero attached hydrogens (tertiary/aromatic N) is 3. The van der Waals surface area contributed by atoms with Crippen molar-refractivity contribution in [2.75, 3.05) is 33.2 Å². The SMILES string of the molecule is CCC/C(=N/O)N1CCN(C)CC1. The second-order valence-corrected chi connectivity index (χ2v) is 3.56. The highest BCUT2D eigenvalue weighted by Crippen LogP contribution is 2.04. The zero-order valence-electron chi connectivity index (χ0n) is 8.53. The van der Waals surface area contributed by atoms with E-state index < -0.39 is 0 Å². The Balaban J connectivity index is 2.42. The van der Waals surface area contributed by atoms with Crippen molar-refractivity contribution >= 4 is 5.84 Å². The van der Waals surface area contributed by atoms with Crippen molar-refractivity contribution in [3.8, 4) is 0 Å². The third-order valence-corrected chi connectivity index (χ3v) is 2.46. The topological polar surface area (TPSA) is 39.1 Å². The maximum absolute atomic E-state index is 8.81. The Morgan fingerprint density at radius 2 is 1.92 bits per heavy atom. The van der Waals surface area contributed by atoms with Gasteiger partial charge in [0.25, 0.3) is 0 Å². The van der Waals surface area contributed by atoms with Gasteiger partial charge in [-0.2, -0.15) is 0 Å². The lowest BCUT2D eigenvalue weighted by Gasteiger charge is -2.33. The molecule has 1 saturated heterocycles. The van der Waals surface area contributed by atoms with Crippen molar-refractivity contribution in [2.24, 2.45) is 5.16 Å². The van der Waals surface area contributed by atoms with Gasteiger partial charge in [-0.1, -0.05) is 12.1 Å². The summed E-state index contributed by atoms with van der Waals surface area (Å²) in [6.45, 7) is 6.18. The summed E-state index contributed by atoms with van der Waals surface area (Å²) >= 11 is 0. The number of rotatable bonds is 2. The van der Waals surface area contributed by atoms with Gasteiger partial charge in [-0.25, -0.2) is 0 Å². The van der Waals surface area contributed by atoms with Gasteiger partial charge in [-0.05, 0) is 13.5 Å². The average molecular weight is 185 g/mol. The van der Waals surface area contributed by atoms with Gasteiger partial charge in [0, 0.05) is 32.6 Å². The molecule has 0 aliphatic carbocycles. The first kappa shape index (κ1) is 10.3. The summed E-state index contributed by atoms with van der Waals surface area (Å²) in [6.07, 6.45) is 1.91.